The Morgan fingerprint density at radius 2 is 1.09 bits per heavy atom. The van der Waals surface area contributed by atoms with Crippen LogP contribution in [0.5, 0.6) is 0 Å². The fraction of sp³-hybridized carbons (Fsp3) is 0. The first-order chi connectivity index (χ1) is 21.7. The molecule has 0 N–H and O–H groups in total. The number of para-hydroxylation sites is 2. The van der Waals surface area contributed by atoms with Crippen molar-refractivity contribution in [2.45, 2.75) is 0 Å². The van der Waals surface area contributed by atoms with E-state index < -0.39 is 0 Å². The van der Waals surface area contributed by atoms with Crippen molar-refractivity contribution in [3.05, 3.63) is 151 Å². The van der Waals surface area contributed by atoms with Gasteiger partial charge in [-0.1, -0.05) is 115 Å². The summed E-state index contributed by atoms with van der Waals surface area (Å²) in [7, 11) is 0. The number of nitrogens with zero attached hydrogens (tertiary/aromatic N) is 3. The summed E-state index contributed by atoms with van der Waals surface area (Å²) in [4.78, 5) is 10.5. The highest BCUT2D eigenvalue weighted by molar-refractivity contribution is 6.32. The fourth-order valence-electron chi connectivity index (χ4n) is 6.52. The van der Waals surface area contributed by atoms with Crippen molar-refractivity contribution in [2.24, 2.45) is 0 Å². The first kappa shape index (κ1) is 25.0. The van der Waals surface area contributed by atoms with E-state index in [-0.39, 0.29) is 0 Å². The Morgan fingerprint density at radius 3 is 1.93 bits per heavy atom. The molecule has 9 rings (SSSR count). The maximum absolute atomic E-state index is 6.59. The van der Waals surface area contributed by atoms with Gasteiger partial charge in [0.1, 0.15) is 5.69 Å². The van der Waals surface area contributed by atoms with Gasteiger partial charge in [0.15, 0.2) is 5.82 Å². The highest BCUT2D eigenvalue weighted by Crippen LogP contribution is 2.40. The minimum absolute atomic E-state index is 0.707. The number of rotatable bonds is 3. The highest BCUT2D eigenvalue weighted by atomic mass is 35.5. The largest absolute Gasteiger partial charge is 0.292 e. The molecule has 9 aromatic rings. The lowest BCUT2D eigenvalue weighted by Crippen LogP contribution is -2.03. The third-order valence-electron chi connectivity index (χ3n) is 8.62. The van der Waals surface area contributed by atoms with E-state index in [2.05, 4.69) is 120 Å². The van der Waals surface area contributed by atoms with Gasteiger partial charge in [-0.3, -0.25) is 4.57 Å². The van der Waals surface area contributed by atoms with E-state index >= 15 is 0 Å². The molecule has 7 aromatic carbocycles. The molecular formula is C40H24ClN3. The molecule has 4 heteroatoms. The van der Waals surface area contributed by atoms with Crippen LogP contribution in [0.3, 0.4) is 0 Å². The van der Waals surface area contributed by atoms with Crippen molar-refractivity contribution in [2.75, 3.05) is 0 Å². The Bertz CT molecular complexity index is 2560. The van der Waals surface area contributed by atoms with Crippen molar-refractivity contribution in [1.29, 1.82) is 0 Å². The molecule has 0 amide bonds. The van der Waals surface area contributed by atoms with Gasteiger partial charge >= 0.3 is 0 Å². The first-order valence-corrected chi connectivity index (χ1v) is 15.1. The van der Waals surface area contributed by atoms with Crippen LogP contribution in [-0.4, -0.2) is 14.5 Å². The zero-order chi connectivity index (χ0) is 29.2. The predicted molar refractivity (Wildman–Crippen MR) is 185 cm³/mol. The number of hydrogen-bond donors (Lipinski definition) is 0. The van der Waals surface area contributed by atoms with Gasteiger partial charge in [0.2, 0.25) is 0 Å². The minimum Gasteiger partial charge on any atom is -0.292 e. The van der Waals surface area contributed by atoms with Gasteiger partial charge in [0.25, 0.3) is 0 Å². The third-order valence-corrected chi connectivity index (χ3v) is 8.86. The van der Waals surface area contributed by atoms with Crippen LogP contribution >= 0.6 is 11.6 Å². The molecule has 0 atom stereocenters. The summed E-state index contributed by atoms with van der Waals surface area (Å²) in [5.74, 6) is 0.791. The molecule has 2 heterocycles. The Balaban J connectivity index is 1.30. The summed E-state index contributed by atoms with van der Waals surface area (Å²) in [5, 5.41) is 7.81. The first-order valence-electron chi connectivity index (χ1n) is 14.7. The molecule has 0 aliphatic rings. The Hall–Kier alpha value is -5.51. The second-order valence-electron chi connectivity index (χ2n) is 11.2. The lowest BCUT2D eigenvalue weighted by atomic mass is 9.99. The van der Waals surface area contributed by atoms with Crippen molar-refractivity contribution in [1.82, 2.24) is 14.5 Å². The molecule has 2 aromatic heterocycles. The standard InChI is InChI=1S/C40H24ClN3/c41-31-20-22-36-33(24-31)38-32-10-4-3-8-27(32)19-21-37(38)44(36)40-39(42-34-11-5-6-12-35(34)43-40)28-16-13-26(14-17-28)30-18-15-25-7-1-2-9-29(25)23-30/h1-24H. The van der Waals surface area contributed by atoms with Crippen LogP contribution in [0.1, 0.15) is 0 Å². The van der Waals surface area contributed by atoms with Crippen molar-refractivity contribution < 1.29 is 0 Å². The van der Waals surface area contributed by atoms with E-state index in [0.29, 0.717) is 5.02 Å². The molecule has 0 bridgehead atoms. The van der Waals surface area contributed by atoms with Gasteiger partial charge in [-0.15, -0.1) is 0 Å². The quantitative estimate of drug-likeness (QED) is 0.208. The van der Waals surface area contributed by atoms with E-state index in [1.165, 1.54) is 27.1 Å². The van der Waals surface area contributed by atoms with Crippen LogP contribution in [0.25, 0.3) is 82.6 Å². The van der Waals surface area contributed by atoms with Crippen molar-refractivity contribution in [3.8, 4) is 28.2 Å². The van der Waals surface area contributed by atoms with Crippen molar-refractivity contribution >= 4 is 66.0 Å². The van der Waals surface area contributed by atoms with Crippen LogP contribution in [0, 0.1) is 0 Å². The lowest BCUT2D eigenvalue weighted by molar-refractivity contribution is 1.08. The zero-order valence-electron chi connectivity index (χ0n) is 23.6. The normalized spacial score (nSPS) is 11.8. The molecule has 3 nitrogen and oxygen atoms in total. The molecule has 0 aliphatic heterocycles. The van der Waals surface area contributed by atoms with E-state index in [1.54, 1.807) is 0 Å². The smallest absolute Gasteiger partial charge is 0.165 e. The average Bonchev–Trinajstić information content (AvgIpc) is 3.41. The van der Waals surface area contributed by atoms with Crippen molar-refractivity contribution in [3.63, 3.8) is 0 Å². The number of benzene rings is 7. The average molecular weight is 582 g/mol. The summed E-state index contributed by atoms with van der Waals surface area (Å²) in [6.45, 7) is 0. The van der Waals surface area contributed by atoms with Gasteiger partial charge in [0, 0.05) is 21.4 Å². The highest BCUT2D eigenvalue weighted by Gasteiger charge is 2.20. The minimum atomic E-state index is 0.707. The second kappa shape index (κ2) is 9.77. The zero-order valence-corrected chi connectivity index (χ0v) is 24.3. The number of halogens is 1. The molecule has 44 heavy (non-hydrogen) atoms. The molecule has 0 saturated carbocycles. The molecule has 206 valence electrons. The SMILES string of the molecule is Clc1ccc2c(c1)c1c3ccccc3ccc1n2-c1nc2ccccc2nc1-c1ccc(-c2ccc3ccccc3c2)cc1. The van der Waals surface area contributed by atoms with Crippen LogP contribution in [0.15, 0.2) is 146 Å². The van der Waals surface area contributed by atoms with Gasteiger partial charge in [-0.25, -0.2) is 9.97 Å². The topological polar surface area (TPSA) is 30.7 Å². The number of fused-ring (bicyclic) bond motifs is 7. The number of hydrogen-bond acceptors (Lipinski definition) is 2. The summed E-state index contributed by atoms with van der Waals surface area (Å²) >= 11 is 6.59. The van der Waals surface area contributed by atoms with Crippen LogP contribution < -0.4 is 0 Å². The lowest BCUT2D eigenvalue weighted by Gasteiger charge is -2.14. The number of aromatic nitrogens is 3. The summed E-state index contributed by atoms with van der Waals surface area (Å²) in [6.07, 6.45) is 0. The van der Waals surface area contributed by atoms with E-state index in [0.717, 1.165) is 55.5 Å². The third kappa shape index (κ3) is 3.90. The predicted octanol–water partition coefficient (Wildman–Crippen LogP) is 11.0. The molecule has 0 aliphatic carbocycles. The molecule has 0 saturated heterocycles. The monoisotopic (exact) mass is 581 g/mol. The maximum atomic E-state index is 6.59. The van der Waals surface area contributed by atoms with E-state index in [4.69, 9.17) is 21.6 Å². The molecular weight excluding hydrogens is 558 g/mol. The van der Waals surface area contributed by atoms with E-state index in [9.17, 15) is 0 Å². The molecule has 0 unspecified atom stereocenters. The summed E-state index contributed by atoms with van der Waals surface area (Å²) in [5.41, 5.74) is 8.00. The molecule has 0 radical (unpaired) electrons. The summed E-state index contributed by atoms with van der Waals surface area (Å²) in [6, 6.07) is 50.8. The van der Waals surface area contributed by atoms with E-state index in [1.807, 2.05) is 30.3 Å². The summed E-state index contributed by atoms with van der Waals surface area (Å²) < 4.78 is 2.25. The Kier molecular flexibility index (Phi) is 5.56. The van der Waals surface area contributed by atoms with Crippen LogP contribution in [-0.2, 0) is 0 Å². The van der Waals surface area contributed by atoms with Crippen LogP contribution in [0.2, 0.25) is 5.02 Å². The fourth-order valence-corrected chi connectivity index (χ4v) is 6.69. The maximum Gasteiger partial charge on any atom is 0.165 e. The van der Waals surface area contributed by atoms with Gasteiger partial charge in [-0.05, 0) is 75.1 Å². The van der Waals surface area contributed by atoms with Gasteiger partial charge < -0.3 is 0 Å². The molecule has 0 fully saturated rings. The van der Waals surface area contributed by atoms with Crippen LogP contribution in [0.4, 0.5) is 0 Å². The van der Waals surface area contributed by atoms with Gasteiger partial charge in [0.05, 0.1) is 22.1 Å². The molecule has 0 spiro atoms. The van der Waals surface area contributed by atoms with Gasteiger partial charge in [-0.2, -0.15) is 0 Å². The Morgan fingerprint density at radius 1 is 0.455 bits per heavy atom. The Labute approximate surface area is 258 Å². The second-order valence-corrected chi connectivity index (χ2v) is 11.6.